The normalized spacial score (nSPS) is 12.3. The van der Waals surface area contributed by atoms with Gasteiger partial charge in [0.15, 0.2) is 6.10 Å². The predicted molar refractivity (Wildman–Crippen MR) is 247 cm³/mol. The minimum absolute atomic E-state index is 0.0622. The summed E-state index contributed by atoms with van der Waals surface area (Å²) in [7, 11) is 0. The Morgan fingerprint density at radius 1 is 0.404 bits per heavy atom. The highest BCUT2D eigenvalue weighted by atomic mass is 16.6. The molecule has 0 saturated heterocycles. The third-order valence-corrected chi connectivity index (χ3v) is 11.5. The van der Waals surface area contributed by atoms with Gasteiger partial charge >= 0.3 is 11.9 Å². The van der Waals surface area contributed by atoms with Gasteiger partial charge in [0.05, 0.1) is 6.61 Å². The minimum atomic E-state index is -0.770. The molecule has 0 aromatic carbocycles. The first kappa shape index (κ1) is 55.4. The molecular weight excluding hydrogens is 705 g/mol. The van der Waals surface area contributed by atoms with Gasteiger partial charge in [-0.2, -0.15) is 0 Å². The van der Waals surface area contributed by atoms with Crippen LogP contribution in [0.1, 0.15) is 277 Å². The average Bonchev–Trinajstić information content (AvgIpc) is 3.21. The minimum Gasteiger partial charge on any atom is -0.462 e. The number of aliphatic hydroxyl groups is 1. The van der Waals surface area contributed by atoms with Crippen LogP contribution in [-0.4, -0.2) is 36.4 Å². The van der Waals surface area contributed by atoms with Crippen molar-refractivity contribution >= 4 is 11.9 Å². The molecule has 0 aliphatic rings. The number of allylic oxidation sites excluding steroid dienone is 4. The molecule has 0 bridgehead atoms. The highest BCUT2D eigenvalue weighted by Gasteiger charge is 2.16. The molecule has 57 heavy (non-hydrogen) atoms. The van der Waals surface area contributed by atoms with Crippen molar-refractivity contribution < 1.29 is 24.2 Å². The lowest BCUT2D eigenvalue weighted by atomic mass is 10.0. The molecular formula is C52H98O5. The SMILES string of the molecule is CCCCCCC/C=C\C/C=C\CCCCCCCCCCCC(=O)OC(CO)COC(=O)CCCCCCCCCCCCCCCCCCCCCCCC. The fraction of sp³-hybridized carbons (Fsp3) is 0.885. The number of ether oxygens (including phenoxy) is 2. The van der Waals surface area contributed by atoms with E-state index in [9.17, 15) is 14.7 Å². The van der Waals surface area contributed by atoms with Crippen molar-refractivity contribution in [3.63, 3.8) is 0 Å². The second kappa shape index (κ2) is 48.7. The monoisotopic (exact) mass is 803 g/mol. The van der Waals surface area contributed by atoms with Crippen LogP contribution in [0.5, 0.6) is 0 Å². The van der Waals surface area contributed by atoms with Gasteiger partial charge < -0.3 is 14.6 Å². The van der Waals surface area contributed by atoms with Gasteiger partial charge in [-0.3, -0.25) is 9.59 Å². The van der Waals surface area contributed by atoms with Crippen molar-refractivity contribution in [3.8, 4) is 0 Å². The first-order valence-corrected chi connectivity index (χ1v) is 25.4. The molecule has 5 nitrogen and oxygen atoms in total. The standard InChI is InChI=1S/C52H98O5/c1-3-5-7-9-11-13-15-17-19-21-23-25-27-28-30-32-34-36-38-40-42-44-46-51(54)56-49-50(48-53)57-52(55)47-45-43-41-39-37-35-33-31-29-26-24-22-20-18-16-14-12-10-8-6-4-2/h16,18,22,24,50,53H,3-15,17,19-21,23,25-49H2,1-2H3/b18-16-,24-22-. The summed E-state index contributed by atoms with van der Waals surface area (Å²) in [5, 5.41) is 9.62. The maximum absolute atomic E-state index is 12.3. The molecule has 5 heteroatoms. The highest BCUT2D eigenvalue weighted by Crippen LogP contribution is 2.16. The van der Waals surface area contributed by atoms with Crippen LogP contribution in [0.4, 0.5) is 0 Å². The van der Waals surface area contributed by atoms with Crippen molar-refractivity contribution in [2.45, 2.75) is 283 Å². The van der Waals surface area contributed by atoms with Crippen LogP contribution in [0.25, 0.3) is 0 Å². The van der Waals surface area contributed by atoms with Crippen LogP contribution in [0, 0.1) is 0 Å². The van der Waals surface area contributed by atoms with Gasteiger partial charge in [-0.1, -0.05) is 244 Å². The summed E-state index contributed by atoms with van der Waals surface area (Å²) < 4.78 is 10.7. The Kier molecular flexibility index (Phi) is 47.4. The maximum atomic E-state index is 12.3. The zero-order chi connectivity index (χ0) is 41.4. The van der Waals surface area contributed by atoms with Gasteiger partial charge in [0, 0.05) is 12.8 Å². The molecule has 0 heterocycles. The lowest BCUT2D eigenvalue weighted by Crippen LogP contribution is -2.28. The Bertz CT molecular complexity index is 867. The van der Waals surface area contributed by atoms with Gasteiger partial charge in [-0.15, -0.1) is 0 Å². The van der Waals surface area contributed by atoms with Crippen molar-refractivity contribution in [2.24, 2.45) is 0 Å². The summed E-state index contributed by atoms with van der Waals surface area (Å²) in [6, 6.07) is 0. The third-order valence-electron chi connectivity index (χ3n) is 11.5. The molecule has 0 aromatic heterocycles. The van der Waals surface area contributed by atoms with Gasteiger partial charge in [0.2, 0.25) is 0 Å². The van der Waals surface area contributed by atoms with E-state index in [1.807, 2.05) is 0 Å². The van der Waals surface area contributed by atoms with Crippen molar-refractivity contribution in [1.82, 2.24) is 0 Å². The largest absolute Gasteiger partial charge is 0.462 e. The first-order valence-electron chi connectivity index (χ1n) is 25.4. The second-order valence-electron chi connectivity index (χ2n) is 17.3. The molecule has 0 spiro atoms. The summed E-state index contributed by atoms with van der Waals surface area (Å²) in [6.45, 7) is 4.17. The number of rotatable bonds is 47. The predicted octanol–water partition coefficient (Wildman–Crippen LogP) is 16.6. The van der Waals surface area contributed by atoms with E-state index in [4.69, 9.17) is 9.47 Å². The van der Waals surface area contributed by atoms with Crippen LogP contribution in [0.15, 0.2) is 24.3 Å². The van der Waals surface area contributed by atoms with Crippen molar-refractivity contribution in [2.75, 3.05) is 13.2 Å². The topological polar surface area (TPSA) is 72.8 Å². The highest BCUT2D eigenvalue weighted by molar-refractivity contribution is 5.70. The lowest BCUT2D eigenvalue weighted by Gasteiger charge is -2.15. The third kappa shape index (κ3) is 46.9. The zero-order valence-corrected chi connectivity index (χ0v) is 38.4. The quantitative estimate of drug-likeness (QED) is 0.0377. The smallest absolute Gasteiger partial charge is 0.306 e. The molecule has 0 aliphatic carbocycles. The summed E-state index contributed by atoms with van der Waals surface area (Å²) in [4.78, 5) is 24.4. The van der Waals surface area contributed by atoms with E-state index in [2.05, 4.69) is 38.2 Å². The Balaban J connectivity index is 3.47. The van der Waals surface area contributed by atoms with E-state index in [0.29, 0.717) is 12.8 Å². The number of carbonyl (C=O) groups excluding carboxylic acids is 2. The van der Waals surface area contributed by atoms with Gasteiger partial charge in [0.25, 0.3) is 0 Å². The van der Waals surface area contributed by atoms with Gasteiger partial charge in [-0.25, -0.2) is 0 Å². The maximum Gasteiger partial charge on any atom is 0.306 e. The fourth-order valence-electron chi connectivity index (χ4n) is 7.65. The molecule has 0 fully saturated rings. The summed E-state index contributed by atoms with van der Waals surface area (Å²) in [5.41, 5.74) is 0. The van der Waals surface area contributed by atoms with Crippen LogP contribution in [0.3, 0.4) is 0 Å². The first-order chi connectivity index (χ1) is 28.1. The lowest BCUT2D eigenvalue weighted by molar-refractivity contribution is -0.161. The summed E-state index contributed by atoms with van der Waals surface area (Å²) in [6.07, 6.45) is 59.8. The van der Waals surface area contributed by atoms with Crippen LogP contribution in [0.2, 0.25) is 0 Å². The van der Waals surface area contributed by atoms with E-state index in [0.717, 1.165) is 38.5 Å². The van der Waals surface area contributed by atoms with E-state index < -0.39 is 6.10 Å². The molecule has 0 radical (unpaired) electrons. The van der Waals surface area contributed by atoms with Crippen molar-refractivity contribution in [3.05, 3.63) is 24.3 Å². The number of aliphatic hydroxyl groups excluding tert-OH is 1. The summed E-state index contributed by atoms with van der Waals surface area (Å²) >= 11 is 0. The Morgan fingerprint density at radius 2 is 0.702 bits per heavy atom. The number of unbranched alkanes of at least 4 members (excludes halogenated alkanes) is 35. The molecule has 1 atom stereocenters. The molecule has 1 unspecified atom stereocenters. The van der Waals surface area contributed by atoms with Crippen LogP contribution in [-0.2, 0) is 19.1 Å². The van der Waals surface area contributed by atoms with E-state index in [-0.39, 0.29) is 25.2 Å². The fourth-order valence-corrected chi connectivity index (χ4v) is 7.65. The number of hydrogen-bond acceptors (Lipinski definition) is 5. The Labute approximate surface area is 355 Å². The molecule has 0 rings (SSSR count). The van der Waals surface area contributed by atoms with E-state index in [1.165, 1.54) is 212 Å². The van der Waals surface area contributed by atoms with Gasteiger partial charge in [-0.05, 0) is 44.9 Å². The summed E-state index contributed by atoms with van der Waals surface area (Å²) in [5.74, 6) is -0.580. The molecule has 0 aliphatic heterocycles. The molecule has 336 valence electrons. The van der Waals surface area contributed by atoms with E-state index >= 15 is 0 Å². The molecule has 0 saturated carbocycles. The number of esters is 2. The Morgan fingerprint density at radius 3 is 1.04 bits per heavy atom. The zero-order valence-electron chi connectivity index (χ0n) is 38.4. The van der Waals surface area contributed by atoms with Gasteiger partial charge in [0.1, 0.15) is 6.61 Å². The number of carbonyl (C=O) groups is 2. The van der Waals surface area contributed by atoms with Crippen LogP contribution < -0.4 is 0 Å². The van der Waals surface area contributed by atoms with Crippen molar-refractivity contribution in [1.29, 1.82) is 0 Å². The second-order valence-corrected chi connectivity index (χ2v) is 17.3. The average molecular weight is 803 g/mol. The molecule has 1 N–H and O–H groups in total. The molecule has 0 amide bonds. The Hall–Kier alpha value is -1.62. The van der Waals surface area contributed by atoms with Crippen LogP contribution >= 0.6 is 0 Å². The van der Waals surface area contributed by atoms with E-state index in [1.54, 1.807) is 0 Å². The number of hydrogen-bond donors (Lipinski definition) is 1. The molecule has 0 aromatic rings.